The Balaban J connectivity index is 1.55. The van der Waals surface area contributed by atoms with Crippen LogP contribution in [0.15, 0.2) is 21.9 Å². The number of aliphatic hydroxyl groups is 1. The number of hydrogen-bond donors (Lipinski definition) is 2. The van der Waals surface area contributed by atoms with Gasteiger partial charge >= 0.3 is 13.5 Å². The molecule has 4 unspecified atom stereocenters. The van der Waals surface area contributed by atoms with E-state index in [0.717, 1.165) is 0 Å². The molecule has 3 heterocycles. The quantitative estimate of drug-likeness (QED) is 0.371. The first-order chi connectivity index (χ1) is 17.0. The lowest BCUT2D eigenvalue weighted by Crippen LogP contribution is -2.33. The van der Waals surface area contributed by atoms with Gasteiger partial charge in [-0.1, -0.05) is 41.5 Å². The van der Waals surface area contributed by atoms with Crippen molar-refractivity contribution in [3.05, 3.63) is 59.2 Å². The van der Waals surface area contributed by atoms with Gasteiger partial charge in [-0.3, -0.25) is 23.4 Å². The van der Waals surface area contributed by atoms with E-state index in [1.165, 1.54) is 10.8 Å². The minimum atomic E-state index is -4.19. The summed E-state index contributed by atoms with van der Waals surface area (Å²) in [5.74, 6) is -0.340. The highest BCUT2D eigenvalue weighted by atomic mass is 125. The predicted molar refractivity (Wildman–Crippen MR) is 141 cm³/mol. The molecular weight excluding hydrogens is 619 g/mol. The molecule has 1 saturated heterocycles. The Bertz CT molecular complexity index is 1380. The zero-order valence-electron chi connectivity index (χ0n) is 21.5. The molecule has 2 N–H and O–H groups in total. The van der Waals surface area contributed by atoms with Crippen LogP contribution in [0.4, 0.5) is 4.39 Å². The fourth-order valence-electron chi connectivity index (χ4n) is 4.25. The van der Waals surface area contributed by atoms with Crippen molar-refractivity contribution in [2.75, 3.05) is 6.61 Å². The lowest BCUT2D eigenvalue weighted by molar-refractivity contribution is -0.0470. The van der Waals surface area contributed by atoms with Gasteiger partial charge in [0.2, 0.25) is 0 Å². The first-order valence-electron chi connectivity index (χ1n) is 11.8. The molecule has 2 aliphatic heterocycles. The van der Waals surface area contributed by atoms with E-state index >= 15 is 4.39 Å². The van der Waals surface area contributed by atoms with Crippen molar-refractivity contribution >= 4 is 30.4 Å². The molecule has 10 nitrogen and oxygen atoms in total. The van der Waals surface area contributed by atoms with Crippen molar-refractivity contribution in [2.45, 2.75) is 83.8 Å². The van der Waals surface area contributed by atoms with Crippen LogP contribution in [0.2, 0.25) is 0 Å². The third-order valence-electron chi connectivity index (χ3n) is 6.33. The molecule has 4 atom stereocenters. The summed E-state index contributed by atoms with van der Waals surface area (Å²) in [5.41, 5.74) is -0.789. The van der Waals surface area contributed by atoms with Gasteiger partial charge in [-0.05, 0) is 45.1 Å². The molecule has 1 aromatic heterocycles. The van der Waals surface area contributed by atoms with Gasteiger partial charge < -0.3 is 14.4 Å². The Morgan fingerprint density at radius 3 is 2.49 bits per heavy atom. The van der Waals surface area contributed by atoms with Gasteiger partial charge in [-0.2, -0.15) is 0 Å². The van der Waals surface area contributed by atoms with Crippen LogP contribution >= 0.6 is 30.4 Å². The third kappa shape index (κ3) is 5.74. The number of rotatable bonds is 4. The molecule has 4 rings (SSSR count). The molecule has 13 heteroatoms. The minimum absolute atomic E-state index is 0.0415. The zero-order valence-corrected chi connectivity index (χ0v) is 24.5. The van der Waals surface area contributed by atoms with Gasteiger partial charge in [0, 0.05) is 18.2 Å². The van der Waals surface area contributed by atoms with Crippen molar-refractivity contribution < 1.29 is 32.4 Å². The van der Waals surface area contributed by atoms with E-state index in [1.54, 1.807) is 28.7 Å². The van der Waals surface area contributed by atoms with E-state index in [2.05, 4.69) is 4.98 Å². The Hall–Kier alpha value is -1.57. The SMILES string of the molecule is CC(C)(C)c1cc(C(C)(C)C)c2c(c1F)COP(=O)(OCC1OC(n3cc([125I])c(=O)[nH]c3=O)CC1O)O2. The van der Waals surface area contributed by atoms with E-state index in [9.17, 15) is 19.3 Å². The molecule has 0 aliphatic carbocycles. The monoisotopic (exact) mass is 650 g/mol. The maximum absolute atomic E-state index is 15.4. The van der Waals surface area contributed by atoms with Gasteiger partial charge in [0.25, 0.3) is 5.56 Å². The topological polar surface area (TPSA) is 129 Å². The highest BCUT2D eigenvalue weighted by Gasteiger charge is 2.43. The second kappa shape index (κ2) is 9.87. The number of aromatic nitrogens is 2. The number of benzene rings is 1. The van der Waals surface area contributed by atoms with Gasteiger partial charge in [0.1, 0.15) is 23.9 Å². The smallest absolute Gasteiger partial charge is 0.403 e. The van der Waals surface area contributed by atoms with Crippen molar-refractivity contribution in [3.8, 4) is 5.75 Å². The second-order valence-electron chi connectivity index (χ2n) is 11.3. The summed E-state index contributed by atoms with van der Waals surface area (Å²) in [7, 11) is -4.19. The Morgan fingerprint density at radius 1 is 1.22 bits per heavy atom. The number of aliphatic hydroxyl groups excluding tert-OH is 1. The summed E-state index contributed by atoms with van der Waals surface area (Å²) < 4.78 is 52.7. The number of nitrogens with one attached hydrogen (secondary N) is 1. The van der Waals surface area contributed by atoms with Gasteiger partial charge in [-0.25, -0.2) is 13.8 Å². The van der Waals surface area contributed by atoms with Gasteiger partial charge in [-0.15, -0.1) is 0 Å². The molecule has 37 heavy (non-hydrogen) atoms. The van der Waals surface area contributed by atoms with Crippen molar-refractivity contribution in [2.24, 2.45) is 0 Å². The number of aromatic amines is 1. The standard InChI is InChI=1S/C24H31FIN2O8P/c1-23(2,3)13-7-14(24(4,5)6)20-12(19(13)25)10-33-37(32,36-20)34-11-17-16(29)8-18(35-17)28-9-15(26)21(30)27-22(28)31/h7,9,16-18,29H,8,10-11H2,1-6H3,(H,27,30,31)/i26-2. The van der Waals surface area contributed by atoms with Crippen LogP contribution in [-0.4, -0.2) is 33.5 Å². The number of fused-ring (bicyclic) bond motifs is 1. The van der Waals surface area contributed by atoms with Crippen molar-refractivity contribution in [3.63, 3.8) is 0 Å². The Morgan fingerprint density at radius 2 is 1.86 bits per heavy atom. The summed E-state index contributed by atoms with van der Waals surface area (Å²) >= 11 is 1.79. The van der Waals surface area contributed by atoms with Crippen molar-refractivity contribution in [1.29, 1.82) is 0 Å². The minimum Gasteiger partial charge on any atom is -0.403 e. The van der Waals surface area contributed by atoms with E-state index in [1.807, 2.05) is 41.5 Å². The van der Waals surface area contributed by atoms with E-state index < -0.39 is 54.2 Å². The molecule has 1 aromatic carbocycles. The summed E-state index contributed by atoms with van der Waals surface area (Å²) in [6, 6.07) is 1.74. The number of phosphoric ester groups is 1. The highest BCUT2D eigenvalue weighted by Crippen LogP contribution is 2.58. The molecule has 1 fully saturated rings. The third-order valence-corrected chi connectivity index (χ3v) is 8.42. The van der Waals surface area contributed by atoms with E-state index in [0.29, 0.717) is 11.1 Å². The summed E-state index contributed by atoms with van der Waals surface area (Å²) in [6.07, 6.45) is -1.50. The molecule has 0 bridgehead atoms. The average Bonchev–Trinajstić information content (AvgIpc) is 3.13. The number of ether oxygens (including phenoxy) is 1. The fourth-order valence-corrected chi connectivity index (χ4v) is 5.92. The highest BCUT2D eigenvalue weighted by molar-refractivity contribution is 14.1. The summed E-state index contributed by atoms with van der Waals surface area (Å²) in [4.78, 5) is 26.0. The Labute approximate surface area is 227 Å². The van der Waals surface area contributed by atoms with Crippen LogP contribution in [0.25, 0.3) is 0 Å². The van der Waals surface area contributed by atoms with Crippen LogP contribution in [0.3, 0.4) is 0 Å². The maximum Gasteiger partial charge on any atom is 0.530 e. The first-order valence-corrected chi connectivity index (χ1v) is 14.3. The van der Waals surface area contributed by atoms with Crippen LogP contribution in [0.1, 0.15) is 70.9 Å². The zero-order chi connectivity index (χ0) is 27.5. The molecule has 204 valence electrons. The lowest BCUT2D eigenvalue weighted by Gasteiger charge is -2.33. The largest absolute Gasteiger partial charge is 0.530 e. The van der Waals surface area contributed by atoms with Gasteiger partial charge in [0.05, 0.1) is 28.5 Å². The van der Waals surface area contributed by atoms with Crippen LogP contribution < -0.4 is 15.8 Å². The number of halogens is 2. The normalized spacial score (nSPS) is 26.1. The van der Waals surface area contributed by atoms with Gasteiger partial charge in [0.15, 0.2) is 0 Å². The number of H-pyrrole nitrogens is 1. The van der Waals surface area contributed by atoms with E-state index in [-0.39, 0.29) is 34.5 Å². The number of phosphoric acid groups is 1. The maximum atomic E-state index is 15.4. The summed E-state index contributed by atoms with van der Waals surface area (Å²) in [5, 5.41) is 10.5. The number of nitrogens with zero attached hydrogens (tertiary/aromatic N) is 1. The lowest BCUT2D eigenvalue weighted by atomic mass is 9.78. The molecule has 0 amide bonds. The molecule has 2 aliphatic rings. The molecule has 2 aromatic rings. The van der Waals surface area contributed by atoms with Crippen LogP contribution in [0, 0.1) is 9.39 Å². The number of hydrogen-bond acceptors (Lipinski definition) is 8. The fraction of sp³-hybridized carbons (Fsp3) is 0.583. The molecule has 0 spiro atoms. The molecule has 0 saturated carbocycles. The van der Waals surface area contributed by atoms with Crippen molar-refractivity contribution in [1.82, 2.24) is 9.55 Å². The van der Waals surface area contributed by atoms with E-state index in [4.69, 9.17) is 18.3 Å². The average molecular weight is 650 g/mol. The second-order valence-corrected chi connectivity index (χ2v) is 14.0. The van der Waals surface area contributed by atoms with Crippen LogP contribution in [0.5, 0.6) is 5.75 Å². The predicted octanol–water partition coefficient (Wildman–Crippen LogP) is 4.26. The summed E-state index contributed by atoms with van der Waals surface area (Å²) in [6.45, 7) is 10.9. The molecular formula is C24H31FIN2O8P. The Kier molecular flexibility index (Phi) is 7.59. The first kappa shape index (κ1) is 28.4. The van der Waals surface area contributed by atoms with Crippen LogP contribution in [-0.2, 0) is 35.8 Å². The molecule has 0 radical (unpaired) electrons.